The van der Waals surface area contributed by atoms with Crippen LogP contribution in [0, 0.1) is 24.3 Å². The standard InChI is InChI=1S/C49H45/c1-30-27-35-28-41-43(34-19-9-10-20-34)31(2)47(49(6,7)8)46(45(41)40(35)29-42(30)48(3,4)5)44(38-25-15-21-32-17-11-13-23-36(32)38)39-26-16-22-33-18-12-14-24-37(33)39/h9-19,21-27,29H,20H2,1-8H3. The van der Waals surface area contributed by atoms with E-state index in [1.165, 1.54) is 98.1 Å². The first-order valence-corrected chi connectivity index (χ1v) is 17.8. The maximum absolute atomic E-state index is 4.05. The molecule has 0 saturated heterocycles. The van der Waals surface area contributed by atoms with E-state index in [-0.39, 0.29) is 10.8 Å². The largest absolute Gasteiger partial charge is 0.0801 e. The summed E-state index contributed by atoms with van der Waals surface area (Å²) in [6.45, 7) is 18.9. The van der Waals surface area contributed by atoms with Gasteiger partial charge in [-0.05, 0) is 141 Å². The molecule has 0 atom stereocenters. The molecule has 0 spiro atoms. The minimum atomic E-state index is -0.142. The lowest BCUT2D eigenvalue weighted by Gasteiger charge is -2.29. The topological polar surface area (TPSA) is 0 Å². The molecule has 0 N–H and O–H groups in total. The van der Waals surface area contributed by atoms with Crippen molar-refractivity contribution in [2.75, 3.05) is 0 Å². The second-order valence-electron chi connectivity index (χ2n) is 16.1. The number of rotatable bonds is 3. The number of hydrogen-bond acceptors (Lipinski definition) is 0. The molecule has 0 aromatic heterocycles. The molecule has 0 heterocycles. The van der Waals surface area contributed by atoms with Crippen LogP contribution in [-0.2, 0) is 10.8 Å². The predicted molar refractivity (Wildman–Crippen MR) is 210 cm³/mol. The van der Waals surface area contributed by atoms with Crippen molar-refractivity contribution in [3.63, 3.8) is 0 Å². The fraction of sp³-hybridized carbons (Fsp3) is 0.224. The van der Waals surface area contributed by atoms with E-state index in [9.17, 15) is 0 Å². The Balaban J connectivity index is 1.77. The Bertz CT molecular complexity index is 2550. The van der Waals surface area contributed by atoms with Gasteiger partial charge < -0.3 is 0 Å². The van der Waals surface area contributed by atoms with E-state index in [2.05, 4.69) is 177 Å². The molecule has 0 saturated carbocycles. The zero-order valence-electron chi connectivity index (χ0n) is 30.2. The molecule has 241 valence electrons. The third kappa shape index (κ3) is 5.04. The Hall–Kier alpha value is -4.94. The van der Waals surface area contributed by atoms with Crippen LogP contribution in [0.1, 0.15) is 92.5 Å². The van der Waals surface area contributed by atoms with Crippen LogP contribution in [-0.4, -0.2) is 0 Å². The highest BCUT2D eigenvalue weighted by molar-refractivity contribution is 6.04. The van der Waals surface area contributed by atoms with Gasteiger partial charge >= 0.3 is 0 Å². The molecule has 0 aliphatic heterocycles. The van der Waals surface area contributed by atoms with Gasteiger partial charge in [-0.1, -0.05) is 151 Å². The normalized spacial score (nSPS) is 13.8. The average molecular weight is 634 g/mol. The van der Waals surface area contributed by atoms with Crippen molar-refractivity contribution in [3.05, 3.63) is 181 Å². The summed E-state index contributed by atoms with van der Waals surface area (Å²) < 4.78 is 0. The SMILES string of the molecule is Cc1cc2c(cc1C(C)(C)C)=c1c(c(C3=CC=CC3)c(C)c(C(C)(C)C)c1=C(c1cccc3ccccc13)c1cccc3ccccc13)[C]=2. The fourth-order valence-electron chi connectivity index (χ4n) is 8.75. The molecule has 0 fully saturated rings. The summed E-state index contributed by atoms with van der Waals surface area (Å²) in [7, 11) is 0. The lowest BCUT2D eigenvalue weighted by molar-refractivity contribution is 0.580. The van der Waals surface area contributed by atoms with E-state index >= 15 is 0 Å². The summed E-state index contributed by atoms with van der Waals surface area (Å²) >= 11 is 0. The zero-order chi connectivity index (χ0) is 34.2. The number of aryl methyl sites for hydroxylation is 1. The van der Waals surface area contributed by atoms with Crippen LogP contribution in [0.5, 0.6) is 0 Å². The van der Waals surface area contributed by atoms with Gasteiger partial charge in [0.25, 0.3) is 0 Å². The van der Waals surface area contributed by atoms with Gasteiger partial charge in [-0.15, -0.1) is 0 Å². The maximum atomic E-state index is 4.05. The van der Waals surface area contributed by atoms with Crippen LogP contribution in [0.4, 0.5) is 0 Å². The first-order chi connectivity index (χ1) is 23.4. The number of fused-ring (bicyclic) bond motifs is 4. The Morgan fingerprint density at radius 2 is 1.27 bits per heavy atom. The molecule has 0 unspecified atom stereocenters. The van der Waals surface area contributed by atoms with E-state index in [0.717, 1.165) is 6.42 Å². The highest BCUT2D eigenvalue weighted by atomic mass is 14.3. The van der Waals surface area contributed by atoms with Crippen LogP contribution >= 0.6 is 0 Å². The molecule has 49 heavy (non-hydrogen) atoms. The average Bonchev–Trinajstić information content (AvgIpc) is 3.72. The van der Waals surface area contributed by atoms with Gasteiger partial charge in [0.1, 0.15) is 0 Å². The zero-order valence-corrected chi connectivity index (χ0v) is 30.2. The summed E-state index contributed by atoms with van der Waals surface area (Å²) in [5.41, 5.74) is 13.2. The fourth-order valence-corrected chi connectivity index (χ4v) is 8.75. The number of allylic oxidation sites excluding steroid dienone is 4. The Kier molecular flexibility index (Phi) is 7.23. The summed E-state index contributed by atoms with van der Waals surface area (Å²) in [5.74, 6) is 0. The Morgan fingerprint density at radius 1 is 0.673 bits per heavy atom. The first kappa shape index (κ1) is 31.3. The molecular formula is C49H45. The van der Waals surface area contributed by atoms with Crippen molar-refractivity contribution in [2.45, 2.75) is 72.6 Å². The Labute approximate surface area is 291 Å². The van der Waals surface area contributed by atoms with Crippen molar-refractivity contribution in [1.82, 2.24) is 0 Å². The molecule has 6 aromatic carbocycles. The van der Waals surface area contributed by atoms with Gasteiger partial charge in [-0.25, -0.2) is 0 Å². The van der Waals surface area contributed by atoms with Gasteiger partial charge in [0, 0.05) is 0 Å². The highest BCUT2D eigenvalue weighted by Gasteiger charge is 2.29. The van der Waals surface area contributed by atoms with Crippen LogP contribution in [0.25, 0.3) is 38.8 Å². The van der Waals surface area contributed by atoms with Crippen molar-refractivity contribution in [3.8, 4) is 0 Å². The molecule has 0 bridgehead atoms. The van der Waals surface area contributed by atoms with Crippen LogP contribution in [0.3, 0.4) is 0 Å². The van der Waals surface area contributed by atoms with Crippen molar-refractivity contribution < 1.29 is 0 Å². The summed E-state index contributed by atoms with van der Waals surface area (Å²) in [6, 6.07) is 36.4. The van der Waals surface area contributed by atoms with E-state index in [0.29, 0.717) is 0 Å². The van der Waals surface area contributed by atoms with Gasteiger partial charge in [0.2, 0.25) is 0 Å². The van der Waals surface area contributed by atoms with Gasteiger partial charge in [-0.3, -0.25) is 0 Å². The van der Waals surface area contributed by atoms with E-state index in [1.807, 2.05) is 0 Å². The third-order valence-electron chi connectivity index (χ3n) is 10.7. The minimum Gasteiger partial charge on any atom is -0.0801 e. The van der Waals surface area contributed by atoms with Gasteiger partial charge in [0.05, 0.1) is 0 Å². The second-order valence-corrected chi connectivity index (χ2v) is 16.1. The molecule has 2 aliphatic rings. The summed E-state index contributed by atoms with van der Waals surface area (Å²) in [4.78, 5) is 0. The molecule has 8 rings (SSSR count). The summed E-state index contributed by atoms with van der Waals surface area (Å²) in [6.07, 6.45) is 11.8. The lowest BCUT2D eigenvalue weighted by atomic mass is 9.75. The van der Waals surface area contributed by atoms with Gasteiger partial charge in [0.15, 0.2) is 0 Å². The molecule has 6 aromatic rings. The highest BCUT2D eigenvalue weighted by Crippen LogP contribution is 2.39. The number of hydrogen-bond donors (Lipinski definition) is 0. The van der Waals surface area contributed by atoms with Gasteiger partial charge in [-0.2, -0.15) is 0 Å². The number of benzene rings is 6. The van der Waals surface area contributed by atoms with Crippen molar-refractivity contribution in [2.24, 2.45) is 0 Å². The van der Waals surface area contributed by atoms with Crippen LogP contribution in [0.2, 0.25) is 0 Å². The van der Waals surface area contributed by atoms with Crippen molar-refractivity contribution >= 4 is 38.8 Å². The van der Waals surface area contributed by atoms with Crippen LogP contribution in [0.15, 0.2) is 115 Å². The molecule has 2 aliphatic carbocycles. The van der Waals surface area contributed by atoms with E-state index in [1.54, 1.807) is 0 Å². The predicted octanol–water partition coefficient (Wildman–Crippen LogP) is 11.1. The molecule has 1 radical (unpaired) electrons. The molecule has 0 nitrogen and oxygen atoms in total. The smallest absolute Gasteiger partial charge is 0.000709 e. The first-order valence-electron chi connectivity index (χ1n) is 17.8. The minimum absolute atomic E-state index is 0.0120. The van der Waals surface area contributed by atoms with E-state index < -0.39 is 0 Å². The third-order valence-corrected chi connectivity index (χ3v) is 10.7. The molecule has 0 heteroatoms. The summed E-state index contributed by atoms with van der Waals surface area (Å²) in [5, 5.41) is 10.2. The second kappa shape index (κ2) is 11.3. The van der Waals surface area contributed by atoms with E-state index in [4.69, 9.17) is 0 Å². The molecule has 0 amide bonds. The molecular weight excluding hydrogens is 589 g/mol. The van der Waals surface area contributed by atoms with Crippen LogP contribution < -0.4 is 10.4 Å². The maximum Gasteiger partial charge on any atom is -0.000709 e. The van der Waals surface area contributed by atoms with Crippen molar-refractivity contribution in [1.29, 1.82) is 0 Å². The lowest BCUT2D eigenvalue weighted by Crippen LogP contribution is -2.30. The Morgan fingerprint density at radius 3 is 1.82 bits per heavy atom. The quantitative estimate of drug-likeness (QED) is 0.182. The monoisotopic (exact) mass is 633 g/mol.